The van der Waals surface area contributed by atoms with Crippen LogP contribution in [0.1, 0.15) is 43.1 Å². The number of carbonyl (C=O) groups excluding carboxylic acids is 3. The standard InChI is InChI=1S/C17H23NO5/c1-4-14(19)13-9-7-12(8-10-13)11-17(18,15(20)22-5-2)16(21)23-6-3/h7-10H,4-6,11,18H2,1-3H3. The van der Waals surface area contributed by atoms with Crippen LogP contribution < -0.4 is 5.73 Å². The fourth-order valence-corrected chi connectivity index (χ4v) is 2.08. The minimum absolute atomic E-state index is 0.0198. The summed E-state index contributed by atoms with van der Waals surface area (Å²) in [7, 11) is 0. The maximum atomic E-state index is 12.1. The monoisotopic (exact) mass is 321 g/mol. The number of ketones is 1. The van der Waals surface area contributed by atoms with Crippen LogP contribution in [-0.2, 0) is 25.5 Å². The molecule has 2 N–H and O–H groups in total. The molecule has 6 nitrogen and oxygen atoms in total. The minimum atomic E-state index is -1.90. The van der Waals surface area contributed by atoms with Crippen molar-refractivity contribution in [1.29, 1.82) is 0 Å². The highest BCUT2D eigenvalue weighted by atomic mass is 16.6. The van der Waals surface area contributed by atoms with Gasteiger partial charge in [-0.15, -0.1) is 0 Å². The summed E-state index contributed by atoms with van der Waals surface area (Å²) in [5.74, 6) is -1.63. The highest BCUT2D eigenvalue weighted by Gasteiger charge is 2.45. The van der Waals surface area contributed by atoms with Crippen molar-refractivity contribution in [3.8, 4) is 0 Å². The molecule has 0 bridgehead atoms. The molecule has 1 rings (SSSR count). The van der Waals surface area contributed by atoms with E-state index in [1.54, 1.807) is 45.0 Å². The predicted octanol–water partition coefficient (Wildman–Crippen LogP) is 1.65. The van der Waals surface area contributed by atoms with Crippen LogP contribution in [0, 0.1) is 0 Å². The maximum absolute atomic E-state index is 12.1. The van der Waals surface area contributed by atoms with Gasteiger partial charge >= 0.3 is 11.9 Å². The molecule has 0 aliphatic heterocycles. The Kier molecular flexibility index (Phi) is 6.90. The van der Waals surface area contributed by atoms with E-state index in [0.29, 0.717) is 17.5 Å². The fraction of sp³-hybridized carbons (Fsp3) is 0.471. The molecule has 0 fully saturated rings. The van der Waals surface area contributed by atoms with E-state index >= 15 is 0 Å². The molecular weight excluding hydrogens is 298 g/mol. The van der Waals surface area contributed by atoms with E-state index < -0.39 is 17.5 Å². The predicted molar refractivity (Wildman–Crippen MR) is 85.0 cm³/mol. The van der Waals surface area contributed by atoms with Crippen LogP contribution in [0.25, 0.3) is 0 Å². The van der Waals surface area contributed by atoms with Crippen LogP contribution in [-0.4, -0.2) is 36.5 Å². The van der Waals surface area contributed by atoms with Crippen molar-refractivity contribution in [2.45, 2.75) is 39.2 Å². The Labute approximate surface area is 135 Å². The van der Waals surface area contributed by atoms with Crippen molar-refractivity contribution in [3.63, 3.8) is 0 Å². The number of hydrogen-bond acceptors (Lipinski definition) is 6. The van der Waals surface area contributed by atoms with E-state index in [9.17, 15) is 14.4 Å². The number of benzene rings is 1. The number of Topliss-reactive ketones (excluding diaryl/α,β-unsaturated/α-hetero) is 1. The Morgan fingerprint density at radius 2 is 1.43 bits per heavy atom. The molecular formula is C17H23NO5. The second-order valence-electron chi connectivity index (χ2n) is 5.06. The third-order valence-electron chi connectivity index (χ3n) is 3.36. The topological polar surface area (TPSA) is 95.7 Å². The smallest absolute Gasteiger partial charge is 0.338 e. The van der Waals surface area contributed by atoms with Crippen LogP contribution in [0.4, 0.5) is 0 Å². The summed E-state index contributed by atoms with van der Waals surface area (Å²) in [6.45, 7) is 5.27. The lowest BCUT2D eigenvalue weighted by atomic mass is 9.91. The molecule has 0 aliphatic rings. The van der Waals surface area contributed by atoms with Crippen molar-refractivity contribution in [2.24, 2.45) is 5.73 Å². The molecule has 0 unspecified atom stereocenters. The van der Waals surface area contributed by atoms with E-state index in [4.69, 9.17) is 15.2 Å². The van der Waals surface area contributed by atoms with Gasteiger partial charge in [0.2, 0.25) is 5.54 Å². The molecule has 0 spiro atoms. The van der Waals surface area contributed by atoms with Crippen molar-refractivity contribution >= 4 is 17.7 Å². The van der Waals surface area contributed by atoms with Gasteiger partial charge in [-0.1, -0.05) is 31.2 Å². The number of carbonyl (C=O) groups is 3. The second-order valence-corrected chi connectivity index (χ2v) is 5.06. The molecule has 1 aromatic carbocycles. The fourth-order valence-electron chi connectivity index (χ4n) is 2.08. The number of esters is 2. The van der Waals surface area contributed by atoms with Gasteiger partial charge in [-0.25, -0.2) is 9.59 Å². The normalized spacial score (nSPS) is 11.0. The molecule has 0 saturated carbocycles. The van der Waals surface area contributed by atoms with Gasteiger partial charge in [0.05, 0.1) is 13.2 Å². The van der Waals surface area contributed by atoms with Crippen LogP contribution in [0.3, 0.4) is 0 Å². The van der Waals surface area contributed by atoms with Gasteiger partial charge in [-0.3, -0.25) is 4.79 Å². The van der Waals surface area contributed by atoms with E-state index in [0.717, 1.165) is 0 Å². The van der Waals surface area contributed by atoms with Gasteiger partial charge in [0.15, 0.2) is 5.78 Å². The third-order valence-corrected chi connectivity index (χ3v) is 3.36. The SMILES string of the molecule is CCOC(=O)C(N)(Cc1ccc(C(=O)CC)cc1)C(=O)OCC. The lowest BCUT2D eigenvalue weighted by Gasteiger charge is -2.24. The molecule has 126 valence electrons. The quantitative estimate of drug-likeness (QED) is 0.444. The number of rotatable bonds is 8. The largest absolute Gasteiger partial charge is 0.464 e. The molecule has 6 heteroatoms. The minimum Gasteiger partial charge on any atom is -0.464 e. The average molecular weight is 321 g/mol. The lowest BCUT2D eigenvalue weighted by Crippen LogP contribution is -2.58. The Balaban J connectivity index is 3.03. The zero-order valence-electron chi connectivity index (χ0n) is 13.8. The van der Waals surface area contributed by atoms with Crippen molar-refractivity contribution in [3.05, 3.63) is 35.4 Å². The van der Waals surface area contributed by atoms with E-state index in [1.165, 1.54) is 0 Å². The number of nitrogens with two attached hydrogens (primary N) is 1. The van der Waals surface area contributed by atoms with Gasteiger partial charge in [0.25, 0.3) is 0 Å². The molecule has 0 radical (unpaired) electrons. The first kappa shape index (κ1) is 18.8. The maximum Gasteiger partial charge on any atom is 0.338 e. The van der Waals surface area contributed by atoms with Gasteiger partial charge in [-0.05, 0) is 19.4 Å². The molecule has 23 heavy (non-hydrogen) atoms. The van der Waals surface area contributed by atoms with Gasteiger partial charge < -0.3 is 15.2 Å². The molecule has 0 atom stereocenters. The number of ether oxygens (including phenoxy) is 2. The zero-order chi connectivity index (χ0) is 17.5. The summed E-state index contributed by atoms with van der Waals surface area (Å²) in [4.78, 5) is 35.8. The van der Waals surface area contributed by atoms with E-state index in [2.05, 4.69) is 0 Å². The summed E-state index contributed by atoms with van der Waals surface area (Å²) in [6.07, 6.45) is 0.344. The first-order valence-electron chi connectivity index (χ1n) is 7.64. The summed E-state index contributed by atoms with van der Waals surface area (Å²) in [6, 6.07) is 6.64. The Hall–Kier alpha value is -2.21. The summed E-state index contributed by atoms with van der Waals surface area (Å²) >= 11 is 0. The summed E-state index contributed by atoms with van der Waals surface area (Å²) < 4.78 is 9.81. The Morgan fingerprint density at radius 1 is 0.957 bits per heavy atom. The summed E-state index contributed by atoms with van der Waals surface area (Å²) in [5.41, 5.74) is 5.31. The second kappa shape index (κ2) is 8.43. The number of hydrogen-bond donors (Lipinski definition) is 1. The molecule has 0 aromatic heterocycles. The zero-order valence-corrected chi connectivity index (χ0v) is 13.8. The molecule has 1 aromatic rings. The average Bonchev–Trinajstić information content (AvgIpc) is 2.55. The van der Waals surface area contributed by atoms with Crippen LogP contribution in [0.15, 0.2) is 24.3 Å². The van der Waals surface area contributed by atoms with Gasteiger partial charge in [0.1, 0.15) is 0 Å². The molecule has 0 heterocycles. The third kappa shape index (κ3) is 4.63. The highest BCUT2D eigenvalue weighted by molar-refractivity contribution is 6.05. The highest BCUT2D eigenvalue weighted by Crippen LogP contribution is 2.17. The lowest BCUT2D eigenvalue weighted by molar-refractivity contribution is -0.164. The van der Waals surface area contributed by atoms with Crippen molar-refractivity contribution in [2.75, 3.05) is 13.2 Å². The van der Waals surface area contributed by atoms with Crippen molar-refractivity contribution < 1.29 is 23.9 Å². The Bertz CT molecular complexity index is 547. The molecule has 0 aliphatic carbocycles. The van der Waals surface area contributed by atoms with Crippen LogP contribution in [0.2, 0.25) is 0 Å². The Morgan fingerprint density at radius 3 is 1.83 bits per heavy atom. The van der Waals surface area contributed by atoms with Crippen LogP contribution in [0.5, 0.6) is 0 Å². The summed E-state index contributed by atoms with van der Waals surface area (Å²) in [5, 5.41) is 0. The van der Waals surface area contributed by atoms with Crippen LogP contribution >= 0.6 is 0 Å². The van der Waals surface area contributed by atoms with E-state index in [1.807, 2.05) is 0 Å². The first-order chi connectivity index (χ1) is 10.9. The van der Waals surface area contributed by atoms with E-state index in [-0.39, 0.29) is 25.4 Å². The van der Waals surface area contributed by atoms with Crippen molar-refractivity contribution in [1.82, 2.24) is 0 Å². The van der Waals surface area contributed by atoms with Gasteiger partial charge in [0, 0.05) is 18.4 Å². The molecule has 0 saturated heterocycles. The molecule has 0 amide bonds. The van der Waals surface area contributed by atoms with Gasteiger partial charge in [-0.2, -0.15) is 0 Å². The first-order valence-corrected chi connectivity index (χ1v) is 7.64.